The first-order valence-electron chi connectivity index (χ1n) is 12.4. The first-order chi connectivity index (χ1) is 17.3. The molecule has 0 radical (unpaired) electrons. The zero-order chi connectivity index (χ0) is 26.2. The monoisotopic (exact) mass is 517 g/mol. The molecule has 0 saturated carbocycles. The van der Waals surface area contributed by atoms with Crippen molar-refractivity contribution in [2.24, 2.45) is 0 Å². The van der Waals surface area contributed by atoms with Crippen molar-refractivity contribution in [2.45, 2.75) is 39.3 Å². The number of rotatable bonds is 9. The summed E-state index contributed by atoms with van der Waals surface area (Å²) in [4.78, 5) is 44.5. The van der Waals surface area contributed by atoms with Crippen LogP contribution in [-0.2, 0) is 9.53 Å². The van der Waals surface area contributed by atoms with Crippen LogP contribution in [0.1, 0.15) is 38.8 Å². The minimum atomic E-state index is -0.704. The number of ether oxygens (including phenoxy) is 1. The van der Waals surface area contributed by atoms with Gasteiger partial charge in [-0.05, 0) is 38.0 Å². The van der Waals surface area contributed by atoms with Gasteiger partial charge >= 0.3 is 18.0 Å². The van der Waals surface area contributed by atoms with Crippen LogP contribution in [-0.4, -0.2) is 84.6 Å². The third-order valence-electron chi connectivity index (χ3n) is 6.30. The van der Waals surface area contributed by atoms with E-state index in [0.29, 0.717) is 54.6 Å². The molecule has 2 heterocycles. The highest BCUT2D eigenvalue weighted by atomic mass is 35.5. The lowest BCUT2D eigenvalue weighted by Crippen LogP contribution is -2.58. The van der Waals surface area contributed by atoms with Crippen molar-refractivity contribution < 1.29 is 19.1 Å². The second-order valence-corrected chi connectivity index (χ2v) is 9.36. The molecule has 9 nitrogen and oxygen atoms in total. The van der Waals surface area contributed by atoms with Crippen LogP contribution < -0.4 is 10.6 Å². The van der Waals surface area contributed by atoms with Gasteiger partial charge in [0.1, 0.15) is 0 Å². The minimum absolute atomic E-state index is 0.0313. The molecule has 4 amide bonds. The van der Waals surface area contributed by atoms with E-state index in [2.05, 4.69) is 22.1 Å². The van der Waals surface area contributed by atoms with Gasteiger partial charge < -0.3 is 20.3 Å². The van der Waals surface area contributed by atoms with Gasteiger partial charge in [0.15, 0.2) is 0 Å². The summed E-state index contributed by atoms with van der Waals surface area (Å²) >= 11 is 6.23. The summed E-state index contributed by atoms with van der Waals surface area (Å²) in [5.74, 6) is -0.489. The molecule has 2 aliphatic rings. The van der Waals surface area contributed by atoms with Gasteiger partial charge in [-0.3, -0.25) is 9.80 Å². The standard InChI is InChI=1S/C26H36ClN5O4/c1-5-11-28-25(34)31-14-13-30(16-18(31)4)17-21-22(24(33)36-7-3)23(19-9-8-10-20(27)15-19)29-26(35)32(21)12-6-2/h6,8-10,15,18,23H,2,5,7,11-14,16-17H2,1,3-4H3,(H,28,34)(H,29,35)/t18-,23-/m0/s1. The van der Waals surface area contributed by atoms with Crippen molar-refractivity contribution in [1.82, 2.24) is 25.3 Å². The maximum atomic E-state index is 13.3. The number of carbonyl (C=O) groups is 3. The summed E-state index contributed by atoms with van der Waals surface area (Å²) in [6.07, 6.45) is 2.50. The fraction of sp³-hybridized carbons (Fsp3) is 0.500. The Morgan fingerprint density at radius 2 is 2.08 bits per heavy atom. The van der Waals surface area contributed by atoms with E-state index in [-0.39, 0.29) is 31.3 Å². The Labute approximate surface area is 218 Å². The van der Waals surface area contributed by atoms with Gasteiger partial charge in [-0.25, -0.2) is 14.4 Å². The van der Waals surface area contributed by atoms with Crippen LogP contribution in [0, 0.1) is 0 Å². The van der Waals surface area contributed by atoms with E-state index in [4.69, 9.17) is 16.3 Å². The third kappa shape index (κ3) is 6.39. The van der Waals surface area contributed by atoms with E-state index < -0.39 is 12.0 Å². The predicted molar refractivity (Wildman–Crippen MR) is 140 cm³/mol. The van der Waals surface area contributed by atoms with Gasteiger partial charge in [0.2, 0.25) is 0 Å². The Balaban J connectivity index is 1.96. The predicted octanol–water partition coefficient (Wildman–Crippen LogP) is 3.54. The molecule has 2 atom stereocenters. The fourth-order valence-electron chi connectivity index (χ4n) is 4.61. The van der Waals surface area contributed by atoms with Crippen LogP contribution in [0.4, 0.5) is 9.59 Å². The quantitative estimate of drug-likeness (QED) is 0.386. The summed E-state index contributed by atoms with van der Waals surface area (Å²) in [7, 11) is 0. The minimum Gasteiger partial charge on any atom is -0.463 e. The number of benzene rings is 1. The average molecular weight is 518 g/mol. The fourth-order valence-corrected chi connectivity index (χ4v) is 4.80. The van der Waals surface area contributed by atoms with Crippen LogP contribution in [0.2, 0.25) is 5.02 Å². The second kappa shape index (κ2) is 12.8. The van der Waals surface area contributed by atoms with E-state index >= 15 is 0 Å². The van der Waals surface area contributed by atoms with E-state index in [1.807, 2.05) is 24.8 Å². The SMILES string of the molecule is C=CCN1C(=O)N[C@@H](c2cccc(Cl)c2)C(C(=O)OCC)=C1CN1CCN(C(=O)NCCC)[C@@H](C)C1. The Kier molecular flexibility index (Phi) is 9.78. The van der Waals surface area contributed by atoms with Gasteiger partial charge in [0, 0.05) is 56.0 Å². The van der Waals surface area contributed by atoms with Crippen molar-refractivity contribution in [2.75, 3.05) is 45.9 Å². The number of hydrogen-bond acceptors (Lipinski definition) is 5. The highest BCUT2D eigenvalue weighted by Crippen LogP contribution is 2.33. The number of amides is 4. The summed E-state index contributed by atoms with van der Waals surface area (Å²) < 4.78 is 5.44. The zero-order valence-corrected chi connectivity index (χ0v) is 22.0. The lowest BCUT2D eigenvalue weighted by atomic mass is 9.94. The van der Waals surface area contributed by atoms with Crippen LogP contribution in [0.25, 0.3) is 0 Å². The molecule has 0 bridgehead atoms. The van der Waals surface area contributed by atoms with Crippen molar-refractivity contribution in [3.63, 3.8) is 0 Å². The van der Waals surface area contributed by atoms with E-state index in [1.54, 1.807) is 31.2 Å². The molecule has 1 fully saturated rings. The maximum Gasteiger partial charge on any atom is 0.338 e. The molecule has 196 valence electrons. The number of halogens is 1. The maximum absolute atomic E-state index is 13.3. The lowest BCUT2D eigenvalue weighted by molar-refractivity contribution is -0.139. The number of nitrogens with one attached hydrogen (secondary N) is 2. The summed E-state index contributed by atoms with van der Waals surface area (Å²) in [6, 6.07) is 5.96. The van der Waals surface area contributed by atoms with Crippen molar-refractivity contribution >= 4 is 29.6 Å². The summed E-state index contributed by atoms with van der Waals surface area (Å²) in [6.45, 7) is 12.7. The number of piperazine rings is 1. The number of hydrogen-bond donors (Lipinski definition) is 2. The Morgan fingerprint density at radius 1 is 1.31 bits per heavy atom. The molecule has 10 heteroatoms. The van der Waals surface area contributed by atoms with Gasteiger partial charge in [-0.15, -0.1) is 6.58 Å². The number of carbonyl (C=O) groups excluding carboxylic acids is 3. The molecule has 1 aromatic carbocycles. The Hall–Kier alpha value is -3.04. The van der Waals surface area contributed by atoms with Crippen LogP contribution in [0.5, 0.6) is 0 Å². The van der Waals surface area contributed by atoms with Gasteiger partial charge in [-0.2, -0.15) is 0 Å². The normalized spacial score (nSPS) is 20.7. The first kappa shape index (κ1) is 27.5. The molecular weight excluding hydrogens is 482 g/mol. The second-order valence-electron chi connectivity index (χ2n) is 8.93. The van der Waals surface area contributed by atoms with Crippen molar-refractivity contribution in [1.29, 1.82) is 0 Å². The van der Waals surface area contributed by atoms with Gasteiger partial charge in [0.25, 0.3) is 0 Å². The molecule has 1 saturated heterocycles. The van der Waals surface area contributed by atoms with Crippen molar-refractivity contribution in [3.8, 4) is 0 Å². The molecule has 0 aliphatic carbocycles. The molecule has 0 unspecified atom stereocenters. The molecule has 1 aromatic rings. The topological polar surface area (TPSA) is 94.2 Å². The third-order valence-corrected chi connectivity index (χ3v) is 6.53. The number of urea groups is 2. The highest BCUT2D eigenvalue weighted by molar-refractivity contribution is 6.30. The van der Waals surface area contributed by atoms with Crippen LogP contribution in [0.15, 0.2) is 48.2 Å². The largest absolute Gasteiger partial charge is 0.463 e. The van der Waals surface area contributed by atoms with E-state index in [1.165, 1.54) is 4.90 Å². The summed E-state index contributed by atoms with van der Waals surface area (Å²) in [5, 5.41) is 6.39. The average Bonchev–Trinajstić information content (AvgIpc) is 2.84. The molecular formula is C26H36ClN5O4. The lowest BCUT2D eigenvalue weighted by Gasteiger charge is -2.42. The highest BCUT2D eigenvalue weighted by Gasteiger charge is 2.39. The molecule has 3 rings (SSSR count). The molecule has 0 aromatic heterocycles. The van der Waals surface area contributed by atoms with Gasteiger partial charge in [0.05, 0.1) is 18.2 Å². The molecule has 36 heavy (non-hydrogen) atoms. The number of esters is 1. The van der Waals surface area contributed by atoms with Crippen LogP contribution >= 0.6 is 11.6 Å². The Morgan fingerprint density at radius 3 is 2.72 bits per heavy atom. The molecule has 2 N–H and O–H groups in total. The summed E-state index contributed by atoms with van der Waals surface area (Å²) in [5.41, 5.74) is 1.63. The first-order valence-corrected chi connectivity index (χ1v) is 12.8. The molecule has 0 spiro atoms. The van der Waals surface area contributed by atoms with E-state index in [9.17, 15) is 14.4 Å². The van der Waals surface area contributed by atoms with Crippen molar-refractivity contribution in [3.05, 3.63) is 58.8 Å². The zero-order valence-electron chi connectivity index (χ0n) is 21.3. The molecule has 2 aliphatic heterocycles. The Bertz CT molecular complexity index is 1010. The number of nitrogens with zero attached hydrogens (tertiary/aromatic N) is 3. The van der Waals surface area contributed by atoms with E-state index in [0.717, 1.165) is 6.42 Å². The smallest absolute Gasteiger partial charge is 0.338 e. The van der Waals surface area contributed by atoms with Gasteiger partial charge in [-0.1, -0.05) is 36.7 Å². The van der Waals surface area contributed by atoms with Crippen LogP contribution in [0.3, 0.4) is 0 Å².